The first-order valence-corrected chi connectivity index (χ1v) is 7.86. The number of benzene rings is 2. The Morgan fingerprint density at radius 1 is 1.12 bits per heavy atom. The maximum absolute atomic E-state index is 12.4. The van der Waals surface area contributed by atoms with Crippen molar-refractivity contribution in [2.24, 2.45) is 7.05 Å². The summed E-state index contributed by atoms with van der Waals surface area (Å²) in [5.41, 5.74) is 2.40. The van der Waals surface area contributed by atoms with Crippen molar-refractivity contribution < 1.29 is 4.79 Å². The molecule has 1 heterocycles. The Balaban J connectivity index is 1.76. The van der Waals surface area contributed by atoms with Crippen LogP contribution in [-0.4, -0.2) is 15.5 Å². The van der Waals surface area contributed by atoms with Crippen LogP contribution in [0.2, 0.25) is 0 Å². The first kappa shape index (κ1) is 15.9. The Morgan fingerprint density at radius 2 is 1.83 bits per heavy atom. The molecule has 0 saturated carbocycles. The third-order valence-corrected chi connectivity index (χ3v) is 4.07. The Morgan fingerprint density at radius 3 is 2.62 bits per heavy atom. The molecule has 0 radical (unpaired) electrons. The number of amides is 1. The first-order chi connectivity index (χ1) is 11.6. The third-order valence-electron chi connectivity index (χ3n) is 4.07. The number of aromatic nitrogens is 2. The van der Waals surface area contributed by atoms with E-state index in [9.17, 15) is 9.59 Å². The van der Waals surface area contributed by atoms with Gasteiger partial charge in [0.25, 0.3) is 5.56 Å². The van der Waals surface area contributed by atoms with Gasteiger partial charge in [0, 0.05) is 25.6 Å². The number of carbonyl (C=O) groups is 1. The Kier molecular flexibility index (Phi) is 4.42. The van der Waals surface area contributed by atoms with Crippen LogP contribution < -0.4 is 10.9 Å². The molecule has 3 rings (SSSR count). The molecule has 0 atom stereocenters. The highest BCUT2D eigenvalue weighted by Gasteiger charge is 2.10. The molecule has 0 unspecified atom stereocenters. The van der Waals surface area contributed by atoms with Crippen LogP contribution in [0.4, 0.5) is 5.69 Å². The van der Waals surface area contributed by atoms with Gasteiger partial charge >= 0.3 is 0 Å². The normalized spacial score (nSPS) is 10.8. The van der Waals surface area contributed by atoms with Gasteiger partial charge in [0.2, 0.25) is 5.91 Å². The Hall–Kier alpha value is -2.95. The van der Waals surface area contributed by atoms with Crippen molar-refractivity contribution in [2.75, 3.05) is 5.32 Å². The van der Waals surface area contributed by atoms with Crippen molar-refractivity contribution in [1.29, 1.82) is 0 Å². The summed E-state index contributed by atoms with van der Waals surface area (Å²) in [4.78, 5) is 29.0. The van der Waals surface area contributed by atoms with Crippen molar-refractivity contribution in [2.45, 2.75) is 19.8 Å². The highest BCUT2D eigenvalue weighted by atomic mass is 16.1. The Bertz CT molecular complexity index is 960. The van der Waals surface area contributed by atoms with Crippen LogP contribution in [0, 0.1) is 6.92 Å². The van der Waals surface area contributed by atoms with Gasteiger partial charge in [-0.25, -0.2) is 4.98 Å². The highest BCUT2D eigenvalue weighted by Crippen LogP contribution is 2.14. The molecule has 0 bridgehead atoms. The molecule has 5 nitrogen and oxygen atoms in total. The first-order valence-electron chi connectivity index (χ1n) is 7.86. The second kappa shape index (κ2) is 6.66. The van der Waals surface area contributed by atoms with E-state index in [2.05, 4.69) is 10.3 Å². The molecule has 122 valence electrons. The van der Waals surface area contributed by atoms with Crippen LogP contribution in [0.25, 0.3) is 10.9 Å². The molecule has 5 heteroatoms. The van der Waals surface area contributed by atoms with E-state index < -0.39 is 0 Å². The molecular formula is C19H19N3O2. The van der Waals surface area contributed by atoms with Gasteiger partial charge in [0.1, 0.15) is 5.82 Å². The number of nitrogens with zero attached hydrogens (tertiary/aromatic N) is 2. The van der Waals surface area contributed by atoms with Gasteiger partial charge in [0.05, 0.1) is 10.9 Å². The minimum Gasteiger partial charge on any atom is -0.326 e. The number of carbonyl (C=O) groups excluding carboxylic acids is 1. The van der Waals surface area contributed by atoms with Crippen molar-refractivity contribution >= 4 is 22.5 Å². The fraction of sp³-hybridized carbons (Fsp3) is 0.211. The molecule has 0 aliphatic carbocycles. The van der Waals surface area contributed by atoms with Crippen LogP contribution in [-0.2, 0) is 18.3 Å². The van der Waals surface area contributed by atoms with E-state index >= 15 is 0 Å². The summed E-state index contributed by atoms with van der Waals surface area (Å²) in [5, 5.41) is 3.49. The van der Waals surface area contributed by atoms with E-state index in [1.165, 1.54) is 4.57 Å². The lowest BCUT2D eigenvalue weighted by Gasteiger charge is -2.10. The molecule has 0 spiro atoms. The summed E-state index contributed by atoms with van der Waals surface area (Å²) in [6, 6.07) is 14.9. The molecule has 0 saturated heterocycles. The number of anilines is 1. The van der Waals surface area contributed by atoms with E-state index in [1.807, 2.05) is 49.4 Å². The van der Waals surface area contributed by atoms with Gasteiger partial charge in [-0.3, -0.25) is 14.2 Å². The highest BCUT2D eigenvalue weighted by molar-refractivity contribution is 5.91. The van der Waals surface area contributed by atoms with Gasteiger partial charge < -0.3 is 5.32 Å². The molecular weight excluding hydrogens is 302 g/mol. The van der Waals surface area contributed by atoms with Gasteiger partial charge in [0.15, 0.2) is 0 Å². The van der Waals surface area contributed by atoms with Gasteiger partial charge in [-0.05, 0) is 30.7 Å². The summed E-state index contributed by atoms with van der Waals surface area (Å²) < 4.78 is 1.52. The Labute approximate surface area is 140 Å². The smallest absolute Gasteiger partial charge is 0.261 e. The SMILES string of the molecule is Cc1ccccc1NC(=O)CCc1nc2ccccc2c(=O)n1C. The quantitative estimate of drug-likeness (QED) is 0.803. The van der Waals surface area contributed by atoms with Crippen LogP contribution in [0.5, 0.6) is 0 Å². The van der Waals surface area contributed by atoms with Crippen molar-refractivity contribution in [3.63, 3.8) is 0 Å². The average molecular weight is 321 g/mol. The monoisotopic (exact) mass is 321 g/mol. The number of nitrogens with one attached hydrogen (secondary N) is 1. The molecule has 1 amide bonds. The molecule has 1 aromatic heterocycles. The maximum atomic E-state index is 12.4. The maximum Gasteiger partial charge on any atom is 0.261 e. The minimum atomic E-state index is -0.0910. The topological polar surface area (TPSA) is 64.0 Å². The van der Waals surface area contributed by atoms with Crippen LogP contribution in [0.3, 0.4) is 0 Å². The predicted molar refractivity (Wildman–Crippen MR) is 95.1 cm³/mol. The standard InChI is InChI=1S/C19H19N3O2/c1-13-7-3-5-9-15(13)21-18(23)12-11-17-20-16-10-6-4-8-14(16)19(24)22(17)2/h3-10H,11-12H2,1-2H3,(H,21,23). The van der Waals surface area contributed by atoms with Crippen molar-refractivity contribution in [3.8, 4) is 0 Å². The van der Waals surface area contributed by atoms with Crippen LogP contribution >= 0.6 is 0 Å². The number of hydrogen-bond acceptors (Lipinski definition) is 3. The van der Waals surface area contributed by atoms with Gasteiger partial charge in [-0.15, -0.1) is 0 Å². The van der Waals surface area contributed by atoms with E-state index in [0.29, 0.717) is 23.1 Å². The van der Waals surface area contributed by atoms with Gasteiger partial charge in [-0.1, -0.05) is 30.3 Å². The van der Waals surface area contributed by atoms with E-state index in [-0.39, 0.29) is 17.9 Å². The molecule has 2 aromatic carbocycles. The summed E-state index contributed by atoms with van der Waals surface area (Å²) in [6.07, 6.45) is 0.682. The molecule has 0 aliphatic heterocycles. The number of aryl methyl sites for hydroxylation is 2. The van der Waals surface area contributed by atoms with Crippen molar-refractivity contribution in [3.05, 3.63) is 70.3 Å². The predicted octanol–water partition coefficient (Wildman–Crippen LogP) is 2.81. The molecule has 24 heavy (non-hydrogen) atoms. The zero-order valence-electron chi connectivity index (χ0n) is 13.7. The van der Waals surface area contributed by atoms with E-state index in [4.69, 9.17) is 0 Å². The van der Waals surface area contributed by atoms with E-state index in [0.717, 1.165) is 11.3 Å². The zero-order valence-corrected chi connectivity index (χ0v) is 13.7. The lowest BCUT2D eigenvalue weighted by molar-refractivity contribution is -0.116. The second-order valence-corrected chi connectivity index (χ2v) is 5.77. The zero-order chi connectivity index (χ0) is 17.1. The number of para-hydroxylation sites is 2. The molecule has 0 aliphatic rings. The summed E-state index contributed by atoms with van der Waals surface area (Å²) in [7, 11) is 1.69. The summed E-state index contributed by atoms with van der Waals surface area (Å²) in [5.74, 6) is 0.519. The summed E-state index contributed by atoms with van der Waals surface area (Å²) in [6.45, 7) is 1.95. The third kappa shape index (κ3) is 3.20. The lowest BCUT2D eigenvalue weighted by atomic mass is 10.2. The second-order valence-electron chi connectivity index (χ2n) is 5.77. The minimum absolute atomic E-state index is 0.0880. The van der Waals surface area contributed by atoms with E-state index in [1.54, 1.807) is 13.1 Å². The molecule has 1 N–H and O–H groups in total. The number of hydrogen-bond donors (Lipinski definition) is 1. The number of fused-ring (bicyclic) bond motifs is 1. The van der Waals surface area contributed by atoms with Gasteiger partial charge in [-0.2, -0.15) is 0 Å². The average Bonchev–Trinajstić information content (AvgIpc) is 2.59. The number of rotatable bonds is 4. The lowest BCUT2D eigenvalue weighted by Crippen LogP contribution is -2.23. The van der Waals surface area contributed by atoms with Crippen molar-refractivity contribution in [1.82, 2.24) is 9.55 Å². The fourth-order valence-corrected chi connectivity index (χ4v) is 2.64. The largest absolute Gasteiger partial charge is 0.326 e. The molecule has 0 fully saturated rings. The molecule has 3 aromatic rings. The van der Waals surface area contributed by atoms with Crippen LogP contribution in [0.1, 0.15) is 17.8 Å². The van der Waals surface area contributed by atoms with Crippen LogP contribution in [0.15, 0.2) is 53.3 Å². The fourth-order valence-electron chi connectivity index (χ4n) is 2.64. The summed E-state index contributed by atoms with van der Waals surface area (Å²) >= 11 is 0.